The summed E-state index contributed by atoms with van der Waals surface area (Å²) < 4.78 is 0. The first kappa shape index (κ1) is 16.9. The molecule has 2 atom stereocenters. The van der Waals surface area contributed by atoms with Crippen molar-refractivity contribution < 1.29 is 9.59 Å². The van der Waals surface area contributed by atoms with E-state index in [-0.39, 0.29) is 23.7 Å². The van der Waals surface area contributed by atoms with Gasteiger partial charge in [-0.3, -0.25) is 9.59 Å². The Kier molecular flexibility index (Phi) is 8.42. The van der Waals surface area contributed by atoms with Crippen molar-refractivity contribution in [2.75, 3.05) is 13.1 Å². The van der Waals surface area contributed by atoms with Crippen LogP contribution in [-0.4, -0.2) is 24.9 Å². The Hall–Kier alpha value is -1.06. The second kappa shape index (κ2) is 8.95. The number of amides is 2. The minimum absolute atomic E-state index is 0.0229. The van der Waals surface area contributed by atoms with Gasteiger partial charge in [-0.05, 0) is 25.7 Å². The lowest BCUT2D eigenvalue weighted by Gasteiger charge is -2.16. The Morgan fingerprint density at radius 2 is 1.33 bits per heavy atom. The fourth-order valence-electron chi connectivity index (χ4n) is 1.59. The molecule has 106 valence electrons. The first-order valence-corrected chi connectivity index (χ1v) is 6.93. The van der Waals surface area contributed by atoms with E-state index in [1.807, 2.05) is 20.8 Å². The van der Waals surface area contributed by atoms with E-state index in [4.69, 9.17) is 0 Å². The molecule has 0 heterocycles. The summed E-state index contributed by atoms with van der Waals surface area (Å²) in [5, 5.41) is 5.72. The average Bonchev–Trinajstić information content (AvgIpc) is 2.32. The van der Waals surface area contributed by atoms with Gasteiger partial charge in [0, 0.05) is 24.9 Å². The molecule has 0 aliphatic carbocycles. The highest BCUT2D eigenvalue weighted by Crippen LogP contribution is 2.12. The van der Waals surface area contributed by atoms with Crippen molar-refractivity contribution in [3.05, 3.63) is 0 Å². The first-order chi connectivity index (χ1) is 8.38. The second-order valence-electron chi connectivity index (χ2n) is 5.41. The number of carbonyl (C=O) groups excluding carboxylic acids is 2. The Bertz CT molecular complexity index is 265. The van der Waals surface area contributed by atoms with Crippen molar-refractivity contribution in [2.24, 2.45) is 17.8 Å². The van der Waals surface area contributed by atoms with Gasteiger partial charge in [0.1, 0.15) is 0 Å². The van der Waals surface area contributed by atoms with Gasteiger partial charge in [0.2, 0.25) is 11.8 Å². The molecule has 0 aromatic heterocycles. The first-order valence-electron chi connectivity index (χ1n) is 6.93. The molecule has 0 rings (SSSR count). The number of nitrogens with one attached hydrogen (secondary N) is 2. The summed E-state index contributed by atoms with van der Waals surface area (Å²) in [6.45, 7) is 11.3. The molecule has 0 spiro atoms. The van der Waals surface area contributed by atoms with Crippen LogP contribution in [0.15, 0.2) is 0 Å². The van der Waals surface area contributed by atoms with E-state index in [2.05, 4.69) is 24.5 Å². The van der Waals surface area contributed by atoms with Crippen molar-refractivity contribution >= 4 is 11.8 Å². The zero-order valence-corrected chi connectivity index (χ0v) is 12.4. The fourth-order valence-corrected chi connectivity index (χ4v) is 1.59. The Labute approximate surface area is 111 Å². The minimum atomic E-state index is -0.0272. The number of hydrogen-bond donors (Lipinski definition) is 2. The average molecular weight is 256 g/mol. The molecule has 2 amide bonds. The zero-order chi connectivity index (χ0) is 14.1. The molecule has 18 heavy (non-hydrogen) atoms. The van der Waals surface area contributed by atoms with E-state index < -0.39 is 0 Å². The van der Waals surface area contributed by atoms with Gasteiger partial charge in [-0.15, -0.1) is 0 Å². The van der Waals surface area contributed by atoms with E-state index >= 15 is 0 Å². The number of rotatable bonds is 8. The van der Waals surface area contributed by atoms with Gasteiger partial charge in [0.15, 0.2) is 0 Å². The molecule has 0 saturated carbocycles. The number of carbonyl (C=O) groups is 2. The van der Waals surface area contributed by atoms with Crippen molar-refractivity contribution in [1.29, 1.82) is 0 Å². The smallest absolute Gasteiger partial charge is 0.222 e. The van der Waals surface area contributed by atoms with Crippen LogP contribution in [0.3, 0.4) is 0 Å². The molecule has 0 fully saturated rings. The molecule has 2 unspecified atom stereocenters. The maximum Gasteiger partial charge on any atom is 0.222 e. The van der Waals surface area contributed by atoms with Gasteiger partial charge in [0.05, 0.1) is 0 Å². The molecular formula is C14H28N2O2. The van der Waals surface area contributed by atoms with Gasteiger partial charge in [-0.25, -0.2) is 0 Å². The predicted molar refractivity (Wildman–Crippen MR) is 74.1 cm³/mol. The summed E-state index contributed by atoms with van der Waals surface area (Å²) in [5.41, 5.74) is 0. The van der Waals surface area contributed by atoms with Crippen molar-refractivity contribution in [2.45, 2.75) is 47.5 Å². The van der Waals surface area contributed by atoms with Crippen LogP contribution in [0.1, 0.15) is 47.5 Å². The highest BCUT2D eigenvalue weighted by Gasteiger charge is 2.17. The summed E-state index contributed by atoms with van der Waals surface area (Å²) >= 11 is 0. The third-order valence-corrected chi connectivity index (χ3v) is 2.96. The third-order valence-electron chi connectivity index (χ3n) is 2.96. The molecule has 0 aliphatic rings. The van der Waals surface area contributed by atoms with E-state index in [0.29, 0.717) is 12.5 Å². The standard InChI is InChI=1S/C14H28N2O2/c1-6-15-13(17)11(4)7-8-12(5)14(18)16-9-10(2)3/h10-12H,6-9H2,1-5H3,(H,15,17)(H,16,18). The van der Waals surface area contributed by atoms with Gasteiger partial charge in [-0.1, -0.05) is 27.7 Å². The summed E-state index contributed by atoms with van der Waals surface area (Å²) in [6.07, 6.45) is 1.50. The minimum Gasteiger partial charge on any atom is -0.356 e. The topological polar surface area (TPSA) is 58.2 Å². The maximum absolute atomic E-state index is 11.7. The summed E-state index contributed by atoms with van der Waals surface area (Å²) in [4.78, 5) is 23.3. The van der Waals surface area contributed by atoms with Gasteiger partial charge < -0.3 is 10.6 Å². The predicted octanol–water partition coefficient (Wildman–Crippen LogP) is 1.95. The molecule has 0 aliphatic heterocycles. The monoisotopic (exact) mass is 256 g/mol. The summed E-state index contributed by atoms with van der Waals surface area (Å²) in [6, 6.07) is 0. The molecular weight excluding hydrogens is 228 g/mol. The van der Waals surface area contributed by atoms with E-state index in [9.17, 15) is 9.59 Å². The molecule has 0 bridgehead atoms. The summed E-state index contributed by atoms with van der Waals surface area (Å²) in [7, 11) is 0. The van der Waals surface area contributed by atoms with Crippen LogP contribution in [0.2, 0.25) is 0 Å². The van der Waals surface area contributed by atoms with Crippen LogP contribution >= 0.6 is 0 Å². The highest BCUT2D eigenvalue weighted by molar-refractivity contribution is 5.79. The van der Waals surface area contributed by atoms with Crippen LogP contribution in [0.4, 0.5) is 0 Å². The Balaban J connectivity index is 3.90. The molecule has 4 heteroatoms. The normalized spacial score (nSPS) is 14.1. The van der Waals surface area contributed by atoms with Crippen molar-refractivity contribution in [3.63, 3.8) is 0 Å². The van der Waals surface area contributed by atoms with Gasteiger partial charge >= 0.3 is 0 Å². The Morgan fingerprint density at radius 3 is 1.72 bits per heavy atom. The molecule has 0 radical (unpaired) electrons. The fraction of sp³-hybridized carbons (Fsp3) is 0.857. The molecule has 2 N–H and O–H groups in total. The van der Waals surface area contributed by atoms with Crippen LogP contribution < -0.4 is 10.6 Å². The van der Waals surface area contributed by atoms with Crippen LogP contribution in [0.25, 0.3) is 0 Å². The lowest BCUT2D eigenvalue weighted by molar-refractivity contribution is -0.127. The molecule has 0 aromatic rings. The van der Waals surface area contributed by atoms with Crippen LogP contribution in [0.5, 0.6) is 0 Å². The second-order valence-corrected chi connectivity index (χ2v) is 5.41. The highest BCUT2D eigenvalue weighted by atomic mass is 16.2. The molecule has 4 nitrogen and oxygen atoms in total. The third kappa shape index (κ3) is 7.30. The van der Waals surface area contributed by atoms with Crippen molar-refractivity contribution in [3.8, 4) is 0 Å². The maximum atomic E-state index is 11.7. The van der Waals surface area contributed by atoms with Crippen LogP contribution in [-0.2, 0) is 9.59 Å². The zero-order valence-electron chi connectivity index (χ0n) is 12.4. The SMILES string of the molecule is CCNC(=O)C(C)CCC(C)C(=O)NCC(C)C. The quantitative estimate of drug-likeness (QED) is 0.697. The van der Waals surface area contributed by atoms with Gasteiger partial charge in [-0.2, -0.15) is 0 Å². The van der Waals surface area contributed by atoms with E-state index in [1.54, 1.807) is 0 Å². The largest absolute Gasteiger partial charge is 0.356 e. The van der Waals surface area contributed by atoms with Crippen molar-refractivity contribution in [1.82, 2.24) is 10.6 Å². The Morgan fingerprint density at radius 1 is 0.889 bits per heavy atom. The lowest BCUT2D eigenvalue weighted by atomic mass is 9.97. The molecule has 0 aromatic carbocycles. The lowest BCUT2D eigenvalue weighted by Crippen LogP contribution is -2.33. The van der Waals surface area contributed by atoms with E-state index in [1.165, 1.54) is 0 Å². The molecule has 0 saturated heterocycles. The number of hydrogen-bond acceptors (Lipinski definition) is 2. The van der Waals surface area contributed by atoms with Crippen LogP contribution in [0, 0.1) is 17.8 Å². The summed E-state index contributed by atoms with van der Waals surface area (Å²) in [5.74, 6) is 0.584. The van der Waals surface area contributed by atoms with E-state index in [0.717, 1.165) is 19.4 Å². The van der Waals surface area contributed by atoms with Gasteiger partial charge in [0.25, 0.3) is 0 Å².